The van der Waals surface area contributed by atoms with Crippen LogP contribution >= 0.6 is 11.6 Å². The van der Waals surface area contributed by atoms with E-state index in [1.165, 1.54) is 5.56 Å². The topological polar surface area (TPSA) is 58.4 Å². The van der Waals surface area contributed by atoms with Crippen molar-refractivity contribution in [3.63, 3.8) is 0 Å². The molecule has 112 valence electrons. The first-order valence-corrected chi connectivity index (χ1v) is 8.00. The first-order chi connectivity index (χ1) is 10.1. The molecule has 1 aliphatic heterocycles. The number of nitrogens with two attached hydrogens (primary N) is 1. The first kappa shape index (κ1) is 13.4. The summed E-state index contributed by atoms with van der Waals surface area (Å²) in [5.74, 6) is 0.442. The number of hydrogen-bond donors (Lipinski definition) is 2. The van der Waals surface area contributed by atoms with Gasteiger partial charge in [-0.15, -0.1) is 0 Å². The van der Waals surface area contributed by atoms with Gasteiger partial charge in [-0.25, -0.2) is 4.79 Å². The summed E-state index contributed by atoms with van der Waals surface area (Å²) in [6.45, 7) is 1.59. The molecule has 0 radical (unpaired) electrons. The molecule has 5 heteroatoms. The Kier molecular flexibility index (Phi) is 2.95. The average molecular weight is 306 g/mol. The van der Waals surface area contributed by atoms with Crippen LogP contribution in [0.4, 0.5) is 4.79 Å². The van der Waals surface area contributed by atoms with Crippen molar-refractivity contribution < 1.29 is 4.79 Å². The Morgan fingerprint density at radius 2 is 1.86 bits per heavy atom. The summed E-state index contributed by atoms with van der Waals surface area (Å²) in [5.41, 5.74) is 7.56. The van der Waals surface area contributed by atoms with E-state index in [0.29, 0.717) is 23.4 Å². The molecule has 3 fully saturated rings. The molecule has 3 N–H and O–H groups in total. The Balaban J connectivity index is 1.24. The lowest BCUT2D eigenvalue weighted by molar-refractivity contribution is 0.129. The van der Waals surface area contributed by atoms with Crippen LogP contribution in [0.15, 0.2) is 24.3 Å². The fourth-order valence-corrected chi connectivity index (χ4v) is 3.85. The van der Waals surface area contributed by atoms with E-state index in [1.807, 2.05) is 29.2 Å². The summed E-state index contributed by atoms with van der Waals surface area (Å²) in [6.07, 6.45) is 3.27. The predicted octanol–water partition coefficient (Wildman–Crippen LogP) is 2.33. The molecule has 2 aliphatic carbocycles. The smallest absolute Gasteiger partial charge is 0.317 e. The number of rotatable bonds is 2. The minimum Gasteiger partial charge on any atom is -0.335 e. The van der Waals surface area contributed by atoms with Crippen molar-refractivity contribution in [2.45, 2.75) is 37.3 Å². The zero-order valence-electron chi connectivity index (χ0n) is 11.9. The molecule has 2 amide bonds. The largest absolute Gasteiger partial charge is 0.335 e. The van der Waals surface area contributed by atoms with Crippen LogP contribution in [-0.2, 0) is 0 Å². The maximum Gasteiger partial charge on any atom is 0.317 e. The SMILES string of the molecule is NC1CC12CC(NC(=O)N1CC(c3ccc(Cl)cc3)C1)C2. The van der Waals surface area contributed by atoms with E-state index in [9.17, 15) is 4.79 Å². The Labute approximate surface area is 129 Å². The molecule has 21 heavy (non-hydrogen) atoms. The van der Waals surface area contributed by atoms with E-state index in [0.717, 1.165) is 37.4 Å². The maximum atomic E-state index is 12.1. The second-order valence-corrected chi connectivity index (χ2v) is 7.32. The summed E-state index contributed by atoms with van der Waals surface area (Å²) in [5, 5.41) is 3.88. The van der Waals surface area contributed by atoms with E-state index in [1.54, 1.807) is 0 Å². The van der Waals surface area contributed by atoms with E-state index in [2.05, 4.69) is 5.32 Å². The Morgan fingerprint density at radius 1 is 1.24 bits per heavy atom. The molecule has 0 aromatic heterocycles. The third kappa shape index (κ3) is 2.30. The predicted molar refractivity (Wildman–Crippen MR) is 82.3 cm³/mol. The molecule has 1 heterocycles. The van der Waals surface area contributed by atoms with Crippen molar-refractivity contribution in [3.8, 4) is 0 Å². The van der Waals surface area contributed by atoms with Gasteiger partial charge in [0.05, 0.1) is 0 Å². The Hall–Kier alpha value is -1.26. The van der Waals surface area contributed by atoms with Crippen LogP contribution in [0.5, 0.6) is 0 Å². The van der Waals surface area contributed by atoms with Crippen LogP contribution in [0.3, 0.4) is 0 Å². The molecule has 3 aliphatic rings. The van der Waals surface area contributed by atoms with Crippen molar-refractivity contribution in [1.82, 2.24) is 10.2 Å². The van der Waals surface area contributed by atoms with Crippen LogP contribution in [0.2, 0.25) is 5.02 Å². The molecule has 0 bridgehead atoms. The zero-order chi connectivity index (χ0) is 14.6. The number of hydrogen-bond acceptors (Lipinski definition) is 2. The number of urea groups is 1. The average Bonchev–Trinajstić information content (AvgIpc) is 3.01. The number of amides is 2. The summed E-state index contributed by atoms with van der Waals surface area (Å²) < 4.78 is 0. The van der Waals surface area contributed by atoms with Gasteiger partial charge in [0, 0.05) is 36.1 Å². The molecule has 1 atom stereocenters. The number of halogens is 1. The third-order valence-corrected chi connectivity index (χ3v) is 5.65. The van der Waals surface area contributed by atoms with Gasteiger partial charge < -0.3 is 16.0 Å². The van der Waals surface area contributed by atoms with E-state index < -0.39 is 0 Å². The third-order valence-electron chi connectivity index (χ3n) is 5.40. The van der Waals surface area contributed by atoms with Gasteiger partial charge in [0.25, 0.3) is 0 Å². The Bertz CT molecular complexity index is 561. The van der Waals surface area contributed by atoms with Gasteiger partial charge in [-0.1, -0.05) is 23.7 Å². The minimum atomic E-state index is 0.0780. The van der Waals surface area contributed by atoms with Crippen LogP contribution in [0.25, 0.3) is 0 Å². The quantitative estimate of drug-likeness (QED) is 0.881. The molecular weight excluding hydrogens is 286 g/mol. The lowest BCUT2D eigenvalue weighted by Crippen LogP contribution is -2.57. The van der Waals surface area contributed by atoms with Crippen molar-refractivity contribution in [3.05, 3.63) is 34.9 Å². The molecule has 1 spiro atoms. The van der Waals surface area contributed by atoms with Crippen molar-refractivity contribution in [2.24, 2.45) is 11.1 Å². The molecule has 1 aromatic carbocycles. The van der Waals surface area contributed by atoms with Crippen LogP contribution in [-0.4, -0.2) is 36.1 Å². The number of benzene rings is 1. The zero-order valence-corrected chi connectivity index (χ0v) is 12.6. The highest BCUT2D eigenvalue weighted by molar-refractivity contribution is 6.30. The van der Waals surface area contributed by atoms with Gasteiger partial charge in [0.1, 0.15) is 0 Å². The van der Waals surface area contributed by atoms with Gasteiger partial charge in [-0.3, -0.25) is 0 Å². The Morgan fingerprint density at radius 3 is 2.43 bits per heavy atom. The van der Waals surface area contributed by atoms with Gasteiger partial charge >= 0.3 is 6.03 Å². The highest BCUT2D eigenvalue weighted by Gasteiger charge is 2.60. The lowest BCUT2D eigenvalue weighted by atomic mass is 9.76. The monoisotopic (exact) mass is 305 g/mol. The molecule has 4 nitrogen and oxygen atoms in total. The van der Waals surface area contributed by atoms with Gasteiger partial charge in [-0.05, 0) is 42.4 Å². The lowest BCUT2D eigenvalue weighted by Gasteiger charge is -2.43. The van der Waals surface area contributed by atoms with E-state index >= 15 is 0 Å². The van der Waals surface area contributed by atoms with Crippen LogP contribution in [0.1, 0.15) is 30.7 Å². The maximum absolute atomic E-state index is 12.1. The summed E-state index contributed by atoms with van der Waals surface area (Å²) >= 11 is 5.89. The fraction of sp³-hybridized carbons (Fsp3) is 0.562. The molecule has 2 saturated carbocycles. The number of likely N-dealkylation sites (tertiary alicyclic amines) is 1. The first-order valence-electron chi connectivity index (χ1n) is 7.62. The number of carbonyl (C=O) groups excluding carboxylic acids is 1. The molecule has 1 unspecified atom stereocenters. The summed E-state index contributed by atoms with van der Waals surface area (Å²) in [4.78, 5) is 14.0. The second-order valence-electron chi connectivity index (χ2n) is 6.88. The fourth-order valence-electron chi connectivity index (χ4n) is 3.73. The normalized spacial score (nSPS) is 34.3. The van der Waals surface area contributed by atoms with E-state index in [-0.39, 0.29) is 6.03 Å². The standard InChI is InChI=1S/C16H20ClN3O/c17-12-3-1-10(2-4-12)11-8-20(9-11)15(21)19-13-5-16(6-13)7-14(16)18/h1-4,11,13-14H,5-9,18H2,(H,19,21). The van der Waals surface area contributed by atoms with Crippen molar-refractivity contribution in [2.75, 3.05) is 13.1 Å². The highest BCUT2D eigenvalue weighted by atomic mass is 35.5. The number of nitrogens with one attached hydrogen (secondary N) is 1. The van der Waals surface area contributed by atoms with Crippen molar-refractivity contribution in [1.29, 1.82) is 0 Å². The highest BCUT2D eigenvalue weighted by Crippen LogP contribution is 2.59. The number of nitrogens with zero attached hydrogens (tertiary/aromatic N) is 1. The molecule has 1 aromatic rings. The van der Waals surface area contributed by atoms with E-state index in [4.69, 9.17) is 17.3 Å². The van der Waals surface area contributed by atoms with Gasteiger partial charge in [0.15, 0.2) is 0 Å². The molecular formula is C16H20ClN3O. The molecule has 1 saturated heterocycles. The molecule has 4 rings (SSSR count). The second kappa shape index (κ2) is 4.62. The van der Waals surface area contributed by atoms with Crippen LogP contribution in [0, 0.1) is 5.41 Å². The summed E-state index contributed by atoms with van der Waals surface area (Å²) in [6, 6.07) is 8.70. The van der Waals surface area contributed by atoms with Crippen LogP contribution < -0.4 is 11.1 Å². The number of carbonyl (C=O) groups is 1. The van der Waals surface area contributed by atoms with Gasteiger partial charge in [0.2, 0.25) is 0 Å². The summed E-state index contributed by atoms with van der Waals surface area (Å²) in [7, 11) is 0. The van der Waals surface area contributed by atoms with Gasteiger partial charge in [-0.2, -0.15) is 0 Å². The van der Waals surface area contributed by atoms with Crippen molar-refractivity contribution >= 4 is 17.6 Å². The minimum absolute atomic E-state index is 0.0780.